The molecule has 0 aromatic rings. The Morgan fingerprint density at radius 2 is 1.59 bits per heavy atom. The number of hydrogen-bond acceptors (Lipinski definition) is 2. The van der Waals surface area contributed by atoms with Gasteiger partial charge in [-0.1, -0.05) is 27.7 Å². The summed E-state index contributed by atoms with van der Waals surface area (Å²) in [5, 5.41) is 6.42. The molecule has 1 amide bonds. The minimum absolute atomic E-state index is 0.0768. The maximum Gasteiger partial charge on any atom is 0.237 e. The molecule has 0 rings (SSSR count). The molecule has 0 radical (unpaired) electrons. The molecule has 0 aliphatic rings. The average Bonchev–Trinajstić information content (AvgIpc) is 2.15. The molecule has 2 atom stereocenters. The van der Waals surface area contributed by atoms with Crippen molar-refractivity contribution in [1.82, 2.24) is 10.6 Å². The molecule has 3 nitrogen and oxygen atoms in total. The minimum atomic E-state index is -0.157. The van der Waals surface area contributed by atoms with Crippen LogP contribution in [0, 0.1) is 5.41 Å². The first-order valence-corrected chi connectivity index (χ1v) is 6.57. The molecular weight excluding hydrogens is 212 g/mol. The van der Waals surface area contributed by atoms with Gasteiger partial charge in [-0.3, -0.25) is 4.79 Å². The van der Waals surface area contributed by atoms with Crippen molar-refractivity contribution in [3.05, 3.63) is 0 Å². The molecule has 3 heteroatoms. The summed E-state index contributed by atoms with van der Waals surface area (Å²) in [6, 6.07) is 0.142. The number of carbonyl (C=O) groups is 1. The molecule has 0 spiro atoms. The Morgan fingerprint density at radius 1 is 1.12 bits per heavy atom. The Hall–Kier alpha value is -0.570. The quantitative estimate of drug-likeness (QED) is 0.778. The highest BCUT2D eigenvalue weighted by atomic mass is 16.2. The molecule has 0 aromatic carbocycles. The number of rotatable bonds is 5. The first-order chi connectivity index (χ1) is 7.49. The third-order valence-corrected chi connectivity index (χ3v) is 3.54. The van der Waals surface area contributed by atoms with Gasteiger partial charge in [0.1, 0.15) is 0 Å². The lowest BCUT2D eigenvalue weighted by Gasteiger charge is -2.32. The highest BCUT2D eigenvalue weighted by molar-refractivity contribution is 5.82. The zero-order valence-corrected chi connectivity index (χ0v) is 12.8. The van der Waals surface area contributed by atoms with Crippen LogP contribution in [0.3, 0.4) is 0 Å². The Kier molecular flexibility index (Phi) is 5.66. The third kappa shape index (κ3) is 6.06. The molecule has 2 N–H and O–H groups in total. The van der Waals surface area contributed by atoms with Gasteiger partial charge in [0.25, 0.3) is 0 Å². The van der Waals surface area contributed by atoms with E-state index in [1.165, 1.54) is 0 Å². The molecule has 0 heterocycles. The van der Waals surface area contributed by atoms with E-state index >= 15 is 0 Å². The van der Waals surface area contributed by atoms with Crippen molar-refractivity contribution in [3.63, 3.8) is 0 Å². The SMILES string of the molecule is CCC(C)(C)NC(=O)C(C)NC(C)C(C)(C)C. The van der Waals surface area contributed by atoms with E-state index in [9.17, 15) is 4.79 Å². The predicted molar refractivity (Wildman–Crippen MR) is 74.0 cm³/mol. The second kappa shape index (κ2) is 5.85. The van der Waals surface area contributed by atoms with Crippen molar-refractivity contribution in [2.75, 3.05) is 0 Å². The van der Waals surface area contributed by atoms with Gasteiger partial charge in [-0.05, 0) is 39.5 Å². The zero-order valence-electron chi connectivity index (χ0n) is 12.8. The van der Waals surface area contributed by atoms with E-state index in [0.29, 0.717) is 6.04 Å². The molecule has 0 aliphatic heterocycles. The molecule has 0 fully saturated rings. The van der Waals surface area contributed by atoms with Gasteiger partial charge in [0.2, 0.25) is 5.91 Å². The van der Waals surface area contributed by atoms with Crippen LogP contribution in [0.4, 0.5) is 0 Å². The van der Waals surface area contributed by atoms with E-state index in [1.807, 2.05) is 20.8 Å². The maximum atomic E-state index is 12.0. The van der Waals surface area contributed by atoms with Crippen molar-refractivity contribution in [2.24, 2.45) is 5.41 Å². The summed E-state index contributed by atoms with van der Waals surface area (Å²) in [5.41, 5.74) is 0.0345. The lowest BCUT2D eigenvalue weighted by Crippen LogP contribution is -2.54. The van der Waals surface area contributed by atoms with E-state index in [2.05, 4.69) is 45.3 Å². The van der Waals surface area contributed by atoms with Gasteiger partial charge in [0.15, 0.2) is 0 Å². The minimum Gasteiger partial charge on any atom is -0.350 e. The molecule has 0 saturated carbocycles. The van der Waals surface area contributed by atoms with E-state index in [4.69, 9.17) is 0 Å². The van der Waals surface area contributed by atoms with Gasteiger partial charge in [-0.15, -0.1) is 0 Å². The number of amides is 1. The van der Waals surface area contributed by atoms with Gasteiger partial charge in [-0.2, -0.15) is 0 Å². The number of hydrogen-bond donors (Lipinski definition) is 2. The lowest BCUT2D eigenvalue weighted by molar-refractivity contribution is -0.124. The van der Waals surface area contributed by atoms with Crippen molar-refractivity contribution in [2.45, 2.75) is 79.4 Å². The van der Waals surface area contributed by atoms with E-state index < -0.39 is 0 Å². The molecule has 0 bridgehead atoms. The fourth-order valence-electron chi connectivity index (χ4n) is 1.23. The molecule has 102 valence electrons. The fourth-order valence-corrected chi connectivity index (χ4v) is 1.23. The van der Waals surface area contributed by atoms with Gasteiger partial charge in [-0.25, -0.2) is 0 Å². The summed E-state index contributed by atoms with van der Waals surface area (Å²) >= 11 is 0. The third-order valence-electron chi connectivity index (χ3n) is 3.54. The fraction of sp³-hybridized carbons (Fsp3) is 0.929. The van der Waals surface area contributed by atoms with Gasteiger partial charge in [0.05, 0.1) is 6.04 Å². The highest BCUT2D eigenvalue weighted by Crippen LogP contribution is 2.19. The van der Waals surface area contributed by atoms with Crippen LogP contribution in [0.2, 0.25) is 0 Å². The van der Waals surface area contributed by atoms with Crippen molar-refractivity contribution in [1.29, 1.82) is 0 Å². The number of nitrogens with one attached hydrogen (secondary N) is 2. The Labute approximate surface area is 107 Å². The normalized spacial score (nSPS) is 16.5. The van der Waals surface area contributed by atoms with Crippen LogP contribution in [0.1, 0.15) is 61.8 Å². The van der Waals surface area contributed by atoms with Crippen LogP contribution in [0.15, 0.2) is 0 Å². The molecular formula is C14H30N2O. The van der Waals surface area contributed by atoms with Gasteiger partial charge < -0.3 is 10.6 Å². The van der Waals surface area contributed by atoms with Crippen molar-refractivity contribution < 1.29 is 4.79 Å². The molecule has 17 heavy (non-hydrogen) atoms. The molecule has 0 aliphatic carbocycles. The summed E-state index contributed by atoms with van der Waals surface area (Å²) in [5.74, 6) is 0.0768. The van der Waals surface area contributed by atoms with Crippen LogP contribution >= 0.6 is 0 Å². The largest absolute Gasteiger partial charge is 0.350 e. The summed E-state index contributed by atoms with van der Waals surface area (Å²) in [7, 11) is 0. The predicted octanol–water partition coefficient (Wildman–Crippen LogP) is 2.70. The summed E-state index contributed by atoms with van der Waals surface area (Å²) in [4.78, 5) is 12.0. The summed E-state index contributed by atoms with van der Waals surface area (Å²) in [6.07, 6.45) is 0.931. The molecule has 0 aromatic heterocycles. The van der Waals surface area contributed by atoms with E-state index in [1.54, 1.807) is 0 Å². The van der Waals surface area contributed by atoms with Crippen molar-refractivity contribution in [3.8, 4) is 0 Å². The Bertz CT molecular complexity index is 253. The van der Waals surface area contributed by atoms with Gasteiger partial charge >= 0.3 is 0 Å². The molecule has 2 unspecified atom stereocenters. The summed E-state index contributed by atoms with van der Waals surface area (Å²) < 4.78 is 0. The van der Waals surface area contributed by atoms with E-state index in [0.717, 1.165) is 6.42 Å². The number of carbonyl (C=O) groups excluding carboxylic acids is 1. The van der Waals surface area contributed by atoms with E-state index in [-0.39, 0.29) is 22.9 Å². The second-order valence-electron chi connectivity index (χ2n) is 6.70. The van der Waals surface area contributed by atoms with Crippen molar-refractivity contribution >= 4 is 5.91 Å². The lowest BCUT2D eigenvalue weighted by atomic mass is 9.87. The highest BCUT2D eigenvalue weighted by Gasteiger charge is 2.26. The van der Waals surface area contributed by atoms with Crippen LogP contribution in [0.25, 0.3) is 0 Å². The average molecular weight is 242 g/mol. The van der Waals surface area contributed by atoms with Crippen LogP contribution in [-0.2, 0) is 4.79 Å². The van der Waals surface area contributed by atoms with Crippen LogP contribution in [-0.4, -0.2) is 23.5 Å². The monoisotopic (exact) mass is 242 g/mol. The van der Waals surface area contributed by atoms with Crippen LogP contribution < -0.4 is 10.6 Å². The Morgan fingerprint density at radius 3 is 1.94 bits per heavy atom. The maximum absolute atomic E-state index is 12.0. The van der Waals surface area contributed by atoms with Gasteiger partial charge in [0, 0.05) is 11.6 Å². The first-order valence-electron chi connectivity index (χ1n) is 6.57. The smallest absolute Gasteiger partial charge is 0.237 e. The second-order valence-corrected chi connectivity index (χ2v) is 6.70. The summed E-state index contributed by atoms with van der Waals surface area (Å²) in [6.45, 7) is 16.7. The topological polar surface area (TPSA) is 41.1 Å². The van der Waals surface area contributed by atoms with Crippen LogP contribution in [0.5, 0.6) is 0 Å². The standard InChI is InChI=1S/C14H30N2O/c1-9-14(7,8)16-12(17)10(2)15-11(3)13(4,5)6/h10-11,15H,9H2,1-8H3,(H,16,17). The molecule has 0 saturated heterocycles. The zero-order chi connectivity index (χ0) is 13.9. The Balaban J connectivity index is 4.34. The first kappa shape index (κ1) is 16.4.